The largest absolute Gasteiger partial charge is 0.480 e. The number of rotatable bonds is 4. The summed E-state index contributed by atoms with van der Waals surface area (Å²) in [5, 5.41) is 13.9. The number of hydrogen-bond acceptors (Lipinski definition) is 5. The molecule has 25 heavy (non-hydrogen) atoms. The van der Waals surface area contributed by atoms with Crippen molar-refractivity contribution in [3.05, 3.63) is 59.7 Å². The first-order chi connectivity index (χ1) is 12.1. The van der Waals surface area contributed by atoms with Crippen LogP contribution in [0.5, 0.6) is 0 Å². The molecular formula is C18H18N4O3. The number of aliphatic carboxylic acids is 1. The number of aryl methyl sites for hydroxylation is 1. The van der Waals surface area contributed by atoms with E-state index in [0.29, 0.717) is 37.0 Å². The first-order valence-corrected chi connectivity index (χ1v) is 8.14. The van der Waals surface area contributed by atoms with Crippen molar-refractivity contribution >= 4 is 5.97 Å². The van der Waals surface area contributed by atoms with E-state index in [4.69, 9.17) is 4.42 Å². The molecule has 0 radical (unpaired) electrons. The van der Waals surface area contributed by atoms with E-state index in [1.165, 1.54) is 0 Å². The Labute approximate surface area is 144 Å². The zero-order valence-electron chi connectivity index (χ0n) is 13.8. The molecule has 7 heteroatoms. The first kappa shape index (κ1) is 15.6. The number of benzene rings is 1. The number of hydrogen-bond donors (Lipinski definition) is 1. The van der Waals surface area contributed by atoms with Crippen LogP contribution in [0.25, 0.3) is 11.5 Å². The van der Waals surface area contributed by atoms with Gasteiger partial charge in [0.05, 0.1) is 24.5 Å². The molecule has 0 bridgehead atoms. The second-order valence-electron chi connectivity index (χ2n) is 6.08. The molecule has 0 amide bonds. The Kier molecular flexibility index (Phi) is 3.85. The molecule has 4 rings (SSSR count). The predicted molar refractivity (Wildman–Crippen MR) is 89.7 cm³/mol. The zero-order chi connectivity index (χ0) is 17.4. The van der Waals surface area contributed by atoms with E-state index >= 15 is 0 Å². The maximum absolute atomic E-state index is 11.8. The van der Waals surface area contributed by atoms with Crippen LogP contribution in [0.1, 0.15) is 23.2 Å². The van der Waals surface area contributed by atoms with Crippen molar-refractivity contribution in [2.24, 2.45) is 0 Å². The topological polar surface area (TPSA) is 84.4 Å². The third kappa shape index (κ3) is 2.83. The van der Waals surface area contributed by atoms with Gasteiger partial charge < -0.3 is 9.52 Å². The molecule has 1 aliphatic rings. The summed E-state index contributed by atoms with van der Waals surface area (Å²) in [5.41, 5.74) is 2.38. The van der Waals surface area contributed by atoms with Crippen molar-refractivity contribution in [3.63, 3.8) is 0 Å². The van der Waals surface area contributed by atoms with Gasteiger partial charge in [-0.2, -0.15) is 5.10 Å². The fraction of sp³-hybridized carbons (Fsp3) is 0.278. The van der Waals surface area contributed by atoms with E-state index in [9.17, 15) is 9.90 Å². The molecule has 128 valence electrons. The van der Waals surface area contributed by atoms with Gasteiger partial charge in [-0.05, 0) is 25.1 Å². The molecule has 1 aromatic carbocycles. The highest BCUT2D eigenvalue weighted by molar-refractivity contribution is 5.75. The normalized spacial score (nSPS) is 17.4. The Balaban J connectivity index is 1.62. The van der Waals surface area contributed by atoms with Crippen molar-refractivity contribution in [1.29, 1.82) is 0 Å². The van der Waals surface area contributed by atoms with Crippen LogP contribution in [0.2, 0.25) is 0 Å². The maximum Gasteiger partial charge on any atom is 0.327 e. The minimum atomic E-state index is -0.887. The van der Waals surface area contributed by atoms with Crippen LogP contribution in [0.3, 0.4) is 0 Å². The van der Waals surface area contributed by atoms with E-state index in [-0.39, 0.29) is 0 Å². The maximum atomic E-state index is 11.8. The standard InChI is InChI=1S/C18H18N4O3/c1-12-15(25-17(20-12)13-5-3-2-4-6-13)11-21-9-10-22-14(7-8-19-22)16(21)18(23)24/h2-8,16H,9-11H2,1H3,(H,23,24). The lowest BCUT2D eigenvalue weighted by molar-refractivity contribution is -0.145. The molecule has 3 heterocycles. The van der Waals surface area contributed by atoms with Gasteiger partial charge in [-0.1, -0.05) is 18.2 Å². The van der Waals surface area contributed by atoms with Gasteiger partial charge in [0.2, 0.25) is 5.89 Å². The average Bonchev–Trinajstić information content (AvgIpc) is 3.22. The van der Waals surface area contributed by atoms with E-state index in [1.54, 1.807) is 16.9 Å². The highest BCUT2D eigenvalue weighted by atomic mass is 16.4. The number of nitrogens with zero attached hydrogens (tertiary/aromatic N) is 4. The molecule has 2 aromatic heterocycles. The summed E-state index contributed by atoms with van der Waals surface area (Å²) in [6, 6.07) is 10.7. The van der Waals surface area contributed by atoms with E-state index in [1.807, 2.05) is 42.2 Å². The lowest BCUT2D eigenvalue weighted by Gasteiger charge is -2.32. The van der Waals surface area contributed by atoms with Crippen molar-refractivity contribution < 1.29 is 14.3 Å². The van der Waals surface area contributed by atoms with E-state index in [2.05, 4.69) is 10.1 Å². The molecule has 1 aliphatic heterocycles. The Bertz CT molecular complexity index is 900. The molecule has 1 N–H and O–H groups in total. The first-order valence-electron chi connectivity index (χ1n) is 8.14. The van der Waals surface area contributed by atoms with Gasteiger partial charge in [-0.25, -0.2) is 4.98 Å². The molecule has 0 saturated heterocycles. The summed E-state index contributed by atoms with van der Waals surface area (Å²) in [6.45, 7) is 3.53. The lowest BCUT2D eigenvalue weighted by atomic mass is 10.1. The van der Waals surface area contributed by atoms with Crippen LogP contribution >= 0.6 is 0 Å². The van der Waals surface area contributed by atoms with Crippen LogP contribution in [-0.2, 0) is 17.9 Å². The van der Waals surface area contributed by atoms with E-state index in [0.717, 1.165) is 11.3 Å². The van der Waals surface area contributed by atoms with Crippen LogP contribution < -0.4 is 0 Å². The number of carboxylic acid groups (broad SMARTS) is 1. The number of fused-ring (bicyclic) bond motifs is 1. The Morgan fingerprint density at radius 3 is 2.84 bits per heavy atom. The zero-order valence-corrected chi connectivity index (χ0v) is 13.8. The predicted octanol–water partition coefficient (Wildman–Crippen LogP) is 2.49. The molecular weight excluding hydrogens is 320 g/mol. The number of carbonyl (C=O) groups is 1. The van der Waals surface area contributed by atoms with Crippen molar-refractivity contribution in [2.75, 3.05) is 6.54 Å². The molecule has 1 atom stereocenters. The molecule has 0 saturated carbocycles. The summed E-state index contributed by atoms with van der Waals surface area (Å²) in [6.07, 6.45) is 1.64. The van der Waals surface area contributed by atoms with Gasteiger partial charge in [0.25, 0.3) is 0 Å². The summed E-state index contributed by atoms with van der Waals surface area (Å²) in [5.74, 6) is 0.363. The summed E-state index contributed by atoms with van der Waals surface area (Å²) >= 11 is 0. The molecule has 0 spiro atoms. The third-order valence-corrected chi connectivity index (χ3v) is 4.49. The van der Waals surface area contributed by atoms with Crippen LogP contribution in [0.15, 0.2) is 47.0 Å². The SMILES string of the molecule is Cc1nc(-c2ccccc2)oc1CN1CCn2nccc2C1C(=O)O. The minimum Gasteiger partial charge on any atom is -0.480 e. The lowest BCUT2D eigenvalue weighted by Crippen LogP contribution is -2.41. The fourth-order valence-electron chi connectivity index (χ4n) is 3.22. The van der Waals surface area contributed by atoms with Gasteiger partial charge in [0, 0.05) is 18.3 Å². The van der Waals surface area contributed by atoms with Gasteiger partial charge in [0.1, 0.15) is 5.76 Å². The van der Waals surface area contributed by atoms with Gasteiger partial charge in [0.15, 0.2) is 6.04 Å². The van der Waals surface area contributed by atoms with Crippen molar-refractivity contribution in [3.8, 4) is 11.5 Å². The summed E-state index contributed by atoms with van der Waals surface area (Å²) < 4.78 is 7.68. The molecule has 1 unspecified atom stereocenters. The fourth-order valence-corrected chi connectivity index (χ4v) is 3.22. The quantitative estimate of drug-likeness (QED) is 0.787. The monoisotopic (exact) mass is 338 g/mol. The molecule has 3 aromatic rings. The van der Waals surface area contributed by atoms with Crippen LogP contribution in [0, 0.1) is 6.92 Å². The highest BCUT2D eigenvalue weighted by Gasteiger charge is 2.34. The van der Waals surface area contributed by atoms with Crippen LogP contribution in [-0.4, -0.2) is 37.3 Å². The average molecular weight is 338 g/mol. The second-order valence-corrected chi connectivity index (χ2v) is 6.08. The molecule has 7 nitrogen and oxygen atoms in total. The molecule has 0 fully saturated rings. The van der Waals surface area contributed by atoms with Crippen molar-refractivity contribution in [2.45, 2.75) is 26.1 Å². The number of aromatic nitrogens is 3. The second kappa shape index (κ2) is 6.18. The van der Waals surface area contributed by atoms with Crippen LogP contribution in [0.4, 0.5) is 0 Å². The van der Waals surface area contributed by atoms with Gasteiger partial charge in [-0.3, -0.25) is 14.4 Å². The molecule has 0 aliphatic carbocycles. The Morgan fingerprint density at radius 2 is 2.08 bits per heavy atom. The summed E-state index contributed by atoms with van der Waals surface area (Å²) in [4.78, 5) is 18.2. The van der Waals surface area contributed by atoms with Crippen molar-refractivity contribution in [1.82, 2.24) is 19.7 Å². The Morgan fingerprint density at radius 1 is 1.28 bits per heavy atom. The van der Waals surface area contributed by atoms with Gasteiger partial charge in [-0.15, -0.1) is 0 Å². The minimum absolute atomic E-state index is 0.397. The summed E-state index contributed by atoms with van der Waals surface area (Å²) in [7, 11) is 0. The van der Waals surface area contributed by atoms with Gasteiger partial charge >= 0.3 is 5.97 Å². The highest BCUT2D eigenvalue weighted by Crippen LogP contribution is 2.29. The number of oxazole rings is 1. The third-order valence-electron chi connectivity index (χ3n) is 4.49. The van der Waals surface area contributed by atoms with E-state index < -0.39 is 12.0 Å². The smallest absolute Gasteiger partial charge is 0.327 e. The Hall–Kier alpha value is -2.93. The number of carboxylic acids is 1.